The smallest absolute Gasteiger partial charge is 0.260 e. The molecule has 0 unspecified atom stereocenters. The average Bonchev–Trinajstić information content (AvgIpc) is 2.47. The zero-order chi connectivity index (χ0) is 15.2. The second-order valence-electron chi connectivity index (χ2n) is 4.70. The number of halogens is 2. The Bertz CT molecular complexity index is 482. The molecule has 116 valence electrons. The van der Waals surface area contributed by atoms with Crippen LogP contribution in [-0.2, 0) is 16.1 Å². The summed E-state index contributed by atoms with van der Waals surface area (Å²) in [6.45, 7) is 1.82. The summed E-state index contributed by atoms with van der Waals surface area (Å²) in [5.74, 6) is -2.45. The van der Waals surface area contributed by atoms with Crippen molar-refractivity contribution < 1.29 is 23.0 Å². The van der Waals surface area contributed by atoms with Crippen molar-refractivity contribution in [3.8, 4) is 5.75 Å². The number of carbonyl (C=O) groups is 1. The van der Waals surface area contributed by atoms with Crippen LogP contribution >= 0.6 is 0 Å². The molecule has 0 spiro atoms. The molecule has 1 fully saturated rings. The lowest BCUT2D eigenvalue weighted by atomic mass is 10.2. The number of hydrogen-bond acceptors (Lipinski definition) is 4. The summed E-state index contributed by atoms with van der Waals surface area (Å²) < 4.78 is 37.7. The van der Waals surface area contributed by atoms with Gasteiger partial charge >= 0.3 is 0 Å². The van der Waals surface area contributed by atoms with Gasteiger partial charge in [0, 0.05) is 19.6 Å². The van der Waals surface area contributed by atoms with E-state index in [2.05, 4.69) is 5.32 Å². The SMILES string of the molecule is CNCc1cc(F)c(OCC(=O)N2CCOCC2)c(F)c1. The van der Waals surface area contributed by atoms with Crippen LogP contribution in [0.15, 0.2) is 12.1 Å². The van der Waals surface area contributed by atoms with E-state index >= 15 is 0 Å². The Morgan fingerprint density at radius 1 is 1.33 bits per heavy atom. The number of benzene rings is 1. The van der Waals surface area contributed by atoms with Crippen LogP contribution < -0.4 is 10.1 Å². The summed E-state index contributed by atoms with van der Waals surface area (Å²) in [4.78, 5) is 13.4. The maximum absolute atomic E-state index is 13.8. The van der Waals surface area contributed by atoms with Gasteiger partial charge in [-0.05, 0) is 24.7 Å². The Morgan fingerprint density at radius 3 is 2.52 bits per heavy atom. The molecule has 1 saturated heterocycles. The number of amides is 1. The zero-order valence-corrected chi connectivity index (χ0v) is 11.8. The molecule has 1 aliphatic heterocycles. The molecular weight excluding hydrogens is 282 g/mol. The maximum atomic E-state index is 13.8. The number of ether oxygens (including phenoxy) is 2. The quantitative estimate of drug-likeness (QED) is 0.878. The minimum absolute atomic E-state index is 0.309. The maximum Gasteiger partial charge on any atom is 0.260 e. The van der Waals surface area contributed by atoms with Gasteiger partial charge in [0.15, 0.2) is 24.0 Å². The first-order valence-corrected chi connectivity index (χ1v) is 6.72. The number of carbonyl (C=O) groups excluding carboxylic acids is 1. The average molecular weight is 300 g/mol. The van der Waals surface area contributed by atoms with Crippen molar-refractivity contribution in [2.75, 3.05) is 40.0 Å². The van der Waals surface area contributed by atoms with E-state index in [1.807, 2.05) is 0 Å². The second-order valence-corrected chi connectivity index (χ2v) is 4.70. The van der Waals surface area contributed by atoms with Crippen LogP contribution in [0.25, 0.3) is 0 Å². The van der Waals surface area contributed by atoms with Crippen molar-refractivity contribution in [2.24, 2.45) is 0 Å². The highest BCUT2D eigenvalue weighted by molar-refractivity contribution is 5.77. The van der Waals surface area contributed by atoms with Gasteiger partial charge in [-0.2, -0.15) is 0 Å². The third kappa shape index (κ3) is 4.12. The van der Waals surface area contributed by atoms with Crippen molar-refractivity contribution >= 4 is 5.91 Å². The third-order valence-electron chi connectivity index (χ3n) is 3.14. The van der Waals surface area contributed by atoms with Gasteiger partial charge in [0.1, 0.15) is 0 Å². The molecule has 0 bridgehead atoms. The fourth-order valence-corrected chi connectivity index (χ4v) is 2.09. The summed E-state index contributed by atoms with van der Waals surface area (Å²) in [5, 5.41) is 2.80. The zero-order valence-electron chi connectivity index (χ0n) is 11.8. The topological polar surface area (TPSA) is 50.8 Å². The molecule has 7 heteroatoms. The summed E-state index contributed by atoms with van der Waals surface area (Å²) in [5.41, 5.74) is 0.472. The second kappa shape index (κ2) is 7.33. The minimum Gasteiger partial charge on any atom is -0.478 e. The first-order valence-electron chi connectivity index (χ1n) is 6.72. The molecule has 0 aliphatic carbocycles. The predicted octanol–water partition coefficient (Wildman–Crippen LogP) is 0.922. The number of rotatable bonds is 5. The van der Waals surface area contributed by atoms with Crippen LogP contribution in [0, 0.1) is 11.6 Å². The molecule has 0 radical (unpaired) electrons. The van der Waals surface area contributed by atoms with E-state index < -0.39 is 17.4 Å². The molecule has 2 rings (SSSR count). The first kappa shape index (κ1) is 15.7. The van der Waals surface area contributed by atoms with Gasteiger partial charge in [-0.15, -0.1) is 0 Å². The summed E-state index contributed by atoms with van der Waals surface area (Å²) in [6, 6.07) is 2.38. The summed E-state index contributed by atoms with van der Waals surface area (Å²) in [6.07, 6.45) is 0. The Hall–Kier alpha value is -1.73. The van der Waals surface area contributed by atoms with Crippen LogP contribution in [-0.4, -0.2) is 50.8 Å². The van der Waals surface area contributed by atoms with Crippen LogP contribution in [0.1, 0.15) is 5.56 Å². The molecule has 0 atom stereocenters. The van der Waals surface area contributed by atoms with E-state index in [0.717, 1.165) is 0 Å². The van der Waals surface area contributed by atoms with E-state index in [4.69, 9.17) is 9.47 Å². The van der Waals surface area contributed by atoms with E-state index in [1.54, 1.807) is 11.9 Å². The van der Waals surface area contributed by atoms with Crippen LogP contribution in [0.5, 0.6) is 5.75 Å². The van der Waals surface area contributed by atoms with Crippen molar-refractivity contribution in [2.45, 2.75) is 6.54 Å². The molecule has 21 heavy (non-hydrogen) atoms. The third-order valence-corrected chi connectivity index (χ3v) is 3.14. The molecule has 0 saturated carbocycles. The molecule has 1 amide bonds. The standard InChI is InChI=1S/C14H18F2N2O3/c1-17-8-10-6-11(15)14(12(16)7-10)21-9-13(19)18-2-4-20-5-3-18/h6-7,17H,2-5,8-9H2,1H3. The van der Waals surface area contributed by atoms with E-state index in [9.17, 15) is 13.6 Å². The molecule has 1 heterocycles. The fourth-order valence-electron chi connectivity index (χ4n) is 2.09. The van der Waals surface area contributed by atoms with Crippen LogP contribution in [0.3, 0.4) is 0 Å². The predicted molar refractivity (Wildman–Crippen MR) is 72.0 cm³/mol. The molecule has 1 N–H and O–H groups in total. The Kier molecular flexibility index (Phi) is 5.46. The van der Waals surface area contributed by atoms with Crippen molar-refractivity contribution in [1.29, 1.82) is 0 Å². The number of hydrogen-bond donors (Lipinski definition) is 1. The highest BCUT2D eigenvalue weighted by atomic mass is 19.1. The van der Waals surface area contributed by atoms with E-state index in [-0.39, 0.29) is 12.5 Å². The normalized spacial score (nSPS) is 15.1. The van der Waals surface area contributed by atoms with Crippen molar-refractivity contribution in [1.82, 2.24) is 10.2 Å². The molecule has 1 aromatic rings. The Balaban J connectivity index is 1.97. The molecule has 5 nitrogen and oxygen atoms in total. The lowest BCUT2D eigenvalue weighted by Gasteiger charge is -2.26. The van der Waals surface area contributed by atoms with Gasteiger partial charge in [-0.25, -0.2) is 8.78 Å². The van der Waals surface area contributed by atoms with Gasteiger partial charge < -0.3 is 19.7 Å². The fraction of sp³-hybridized carbons (Fsp3) is 0.500. The van der Waals surface area contributed by atoms with Gasteiger partial charge in [0.05, 0.1) is 13.2 Å². The summed E-state index contributed by atoms with van der Waals surface area (Å²) >= 11 is 0. The molecular formula is C14H18F2N2O3. The van der Waals surface area contributed by atoms with Crippen LogP contribution in [0.4, 0.5) is 8.78 Å². The van der Waals surface area contributed by atoms with Gasteiger partial charge in [0.25, 0.3) is 5.91 Å². The van der Waals surface area contributed by atoms with Gasteiger partial charge in [-0.3, -0.25) is 4.79 Å². The van der Waals surface area contributed by atoms with E-state index in [1.165, 1.54) is 12.1 Å². The van der Waals surface area contributed by atoms with Gasteiger partial charge in [0.2, 0.25) is 0 Å². The molecule has 0 aromatic heterocycles. The lowest BCUT2D eigenvalue weighted by molar-refractivity contribution is -0.137. The molecule has 1 aliphatic rings. The van der Waals surface area contributed by atoms with E-state index in [0.29, 0.717) is 38.4 Å². The Labute approximate surface area is 121 Å². The number of morpholine rings is 1. The van der Waals surface area contributed by atoms with Crippen LogP contribution in [0.2, 0.25) is 0 Å². The molecule has 1 aromatic carbocycles. The number of nitrogens with zero attached hydrogens (tertiary/aromatic N) is 1. The largest absolute Gasteiger partial charge is 0.478 e. The lowest BCUT2D eigenvalue weighted by Crippen LogP contribution is -2.43. The summed E-state index contributed by atoms with van der Waals surface area (Å²) in [7, 11) is 1.68. The number of nitrogens with one attached hydrogen (secondary N) is 1. The Morgan fingerprint density at radius 2 is 1.95 bits per heavy atom. The highest BCUT2D eigenvalue weighted by Crippen LogP contribution is 2.23. The van der Waals surface area contributed by atoms with Crippen molar-refractivity contribution in [3.63, 3.8) is 0 Å². The van der Waals surface area contributed by atoms with Crippen molar-refractivity contribution in [3.05, 3.63) is 29.3 Å². The minimum atomic E-state index is -0.810. The van der Waals surface area contributed by atoms with Gasteiger partial charge in [-0.1, -0.05) is 0 Å². The first-order chi connectivity index (χ1) is 10.1. The monoisotopic (exact) mass is 300 g/mol. The highest BCUT2D eigenvalue weighted by Gasteiger charge is 2.19.